The number of nitrogens with two attached hydrogens (primary N) is 1. The lowest BCUT2D eigenvalue weighted by atomic mass is 9.81. The Morgan fingerprint density at radius 3 is 2.00 bits per heavy atom. The van der Waals surface area contributed by atoms with Crippen LogP contribution in [-0.2, 0) is 9.53 Å². The molecule has 0 bridgehead atoms. The third-order valence-corrected chi connectivity index (χ3v) is 3.18. The normalized spacial score (nSPS) is 13.8. The largest absolute Gasteiger partial charge is 0.497 e. The van der Waals surface area contributed by atoms with Crippen molar-refractivity contribution >= 4 is 5.97 Å². The molecule has 4 heteroatoms. The van der Waals surface area contributed by atoms with Crippen LogP contribution in [0.15, 0.2) is 24.3 Å². The molecule has 20 heavy (non-hydrogen) atoms. The first-order valence-corrected chi connectivity index (χ1v) is 6.71. The molecule has 1 rings (SSSR count). The van der Waals surface area contributed by atoms with Gasteiger partial charge in [0.25, 0.3) is 0 Å². The van der Waals surface area contributed by atoms with Gasteiger partial charge in [-0.3, -0.25) is 4.79 Å². The van der Waals surface area contributed by atoms with Crippen LogP contribution in [0, 0.1) is 5.41 Å². The van der Waals surface area contributed by atoms with Gasteiger partial charge in [-0.1, -0.05) is 12.1 Å². The lowest BCUT2D eigenvalue weighted by molar-refractivity contribution is -0.167. The van der Waals surface area contributed by atoms with Crippen molar-refractivity contribution in [3.63, 3.8) is 0 Å². The number of esters is 1. The Kier molecular flexibility index (Phi) is 4.81. The molecule has 0 amide bonds. The lowest BCUT2D eigenvalue weighted by Crippen LogP contribution is -2.41. The Labute approximate surface area is 121 Å². The Hall–Kier alpha value is -1.55. The number of carbonyl (C=O) groups is 1. The average molecular weight is 279 g/mol. The number of hydrogen-bond acceptors (Lipinski definition) is 4. The fourth-order valence-electron chi connectivity index (χ4n) is 1.76. The molecule has 1 aromatic rings. The van der Waals surface area contributed by atoms with Crippen molar-refractivity contribution in [1.29, 1.82) is 0 Å². The molecular weight excluding hydrogens is 254 g/mol. The third-order valence-electron chi connectivity index (χ3n) is 3.18. The fourth-order valence-corrected chi connectivity index (χ4v) is 1.76. The minimum atomic E-state index is -0.804. The number of benzene rings is 1. The monoisotopic (exact) mass is 279 g/mol. The molecule has 0 unspecified atom stereocenters. The molecule has 0 radical (unpaired) electrons. The highest BCUT2D eigenvalue weighted by Gasteiger charge is 2.38. The molecule has 0 saturated carbocycles. The van der Waals surface area contributed by atoms with Gasteiger partial charge in [0.15, 0.2) is 0 Å². The minimum absolute atomic E-state index is 0.298. The highest BCUT2D eigenvalue weighted by molar-refractivity contribution is 5.77. The van der Waals surface area contributed by atoms with Gasteiger partial charge in [-0.15, -0.1) is 0 Å². The van der Waals surface area contributed by atoms with Crippen LogP contribution in [0.4, 0.5) is 0 Å². The van der Waals surface area contributed by atoms with E-state index in [-0.39, 0.29) is 5.97 Å². The SMILES string of the molecule is COc1ccc([C@@H](N)C(C)(C)C(=O)OC(C)(C)C)cc1. The topological polar surface area (TPSA) is 61.5 Å². The first-order valence-electron chi connectivity index (χ1n) is 6.71. The second kappa shape index (κ2) is 5.83. The van der Waals surface area contributed by atoms with E-state index in [4.69, 9.17) is 15.2 Å². The molecule has 2 N–H and O–H groups in total. The van der Waals surface area contributed by atoms with E-state index in [1.165, 1.54) is 0 Å². The van der Waals surface area contributed by atoms with Crippen molar-refractivity contribution in [2.24, 2.45) is 11.1 Å². The van der Waals surface area contributed by atoms with Crippen LogP contribution in [0.1, 0.15) is 46.2 Å². The van der Waals surface area contributed by atoms with Crippen molar-refractivity contribution in [2.75, 3.05) is 7.11 Å². The van der Waals surface area contributed by atoms with Gasteiger partial charge in [0.05, 0.1) is 12.5 Å². The first-order chi connectivity index (χ1) is 9.08. The molecule has 0 aliphatic rings. The van der Waals surface area contributed by atoms with Crippen LogP contribution >= 0.6 is 0 Å². The van der Waals surface area contributed by atoms with Crippen molar-refractivity contribution in [1.82, 2.24) is 0 Å². The summed E-state index contributed by atoms with van der Waals surface area (Å²) in [5, 5.41) is 0. The number of carbonyl (C=O) groups excluding carboxylic acids is 1. The molecule has 112 valence electrons. The molecule has 0 aliphatic carbocycles. The van der Waals surface area contributed by atoms with E-state index in [1.807, 2.05) is 45.0 Å². The maximum absolute atomic E-state index is 12.3. The zero-order valence-electron chi connectivity index (χ0n) is 13.2. The number of rotatable bonds is 4. The first kappa shape index (κ1) is 16.5. The summed E-state index contributed by atoms with van der Waals surface area (Å²) in [5.41, 5.74) is 5.80. The Balaban J connectivity index is 2.92. The van der Waals surface area contributed by atoms with Crippen molar-refractivity contribution in [2.45, 2.75) is 46.3 Å². The van der Waals surface area contributed by atoms with E-state index in [9.17, 15) is 4.79 Å². The van der Waals surface area contributed by atoms with E-state index in [2.05, 4.69) is 0 Å². The number of ether oxygens (including phenoxy) is 2. The molecular formula is C16H25NO3. The summed E-state index contributed by atoms with van der Waals surface area (Å²) in [6.45, 7) is 9.14. The smallest absolute Gasteiger partial charge is 0.313 e. The van der Waals surface area contributed by atoms with E-state index in [0.717, 1.165) is 11.3 Å². The molecule has 0 aliphatic heterocycles. The maximum Gasteiger partial charge on any atom is 0.313 e. The molecule has 1 atom stereocenters. The molecule has 4 nitrogen and oxygen atoms in total. The van der Waals surface area contributed by atoms with E-state index in [1.54, 1.807) is 21.0 Å². The Morgan fingerprint density at radius 1 is 1.10 bits per heavy atom. The molecule has 0 heterocycles. The van der Waals surface area contributed by atoms with Gasteiger partial charge in [-0.05, 0) is 52.3 Å². The molecule has 0 fully saturated rings. The fraction of sp³-hybridized carbons (Fsp3) is 0.562. The summed E-state index contributed by atoms with van der Waals surface area (Å²) in [5.74, 6) is 0.462. The molecule has 0 saturated heterocycles. The van der Waals surface area contributed by atoms with Gasteiger partial charge >= 0.3 is 5.97 Å². The summed E-state index contributed by atoms with van der Waals surface area (Å²) in [7, 11) is 1.61. The van der Waals surface area contributed by atoms with Gasteiger partial charge in [0.2, 0.25) is 0 Å². The molecule has 0 aromatic heterocycles. The number of methoxy groups -OCH3 is 1. The quantitative estimate of drug-likeness (QED) is 0.860. The van der Waals surface area contributed by atoms with Crippen LogP contribution in [0.3, 0.4) is 0 Å². The van der Waals surface area contributed by atoms with Gasteiger partial charge in [-0.2, -0.15) is 0 Å². The van der Waals surface area contributed by atoms with Crippen molar-refractivity contribution in [3.05, 3.63) is 29.8 Å². The Bertz CT molecular complexity index is 458. The Morgan fingerprint density at radius 2 is 1.60 bits per heavy atom. The van der Waals surface area contributed by atoms with E-state index >= 15 is 0 Å². The second-order valence-electron chi connectivity index (χ2n) is 6.47. The highest BCUT2D eigenvalue weighted by Crippen LogP contribution is 2.34. The van der Waals surface area contributed by atoms with Gasteiger partial charge in [0.1, 0.15) is 11.4 Å². The standard InChI is InChI=1S/C16H25NO3/c1-15(2,3)20-14(18)16(4,5)13(17)11-7-9-12(19-6)10-8-11/h7-10,13H,17H2,1-6H3/t13-/m1/s1. The summed E-state index contributed by atoms with van der Waals surface area (Å²) < 4.78 is 10.6. The predicted octanol–water partition coefficient (Wildman–Crippen LogP) is 3.06. The zero-order valence-corrected chi connectivity index (χ0v) is 13.2. The van der Waals surface area contributed by atoms with E-state index in [0.29, 0.717) is 0 Å². The maximum atomic E-state index is 12.3. The summed E-state index contributed by atoms with van der Waals surface area (Å²) in [4.78, 5) is 12.3. The molecule has 0 spiro atoms. The van der Waals surface area contributed by atoms with E-state index < -0.39 is 17.1 Å². The summed E-state index contributed by atoms with van der Waals surface area (Å²) >= 11 is 0. The van der Waals surface area contributed by atoms with Crippen molar-refractivity contribution in [3.8, 4) is 5.75 Å². The summed E-state index contributed by atoms with van der Waals surface area (Å²) in [6.07, 6.45) is 0. The third kappa shape index (κ3) is 3.97. The highest BCUT2D eigenvalue weighted by atomic mass is 16.6. The van der Waals surface area contributed by atoms with Crippen molar-refractivity contribution < 1.29 is 14.3 Å². The predicted molar refractivity (Wildman–Crippen MR) is 79.5 cm³/mol. The van der Waals surface area contributed by atoms with Gasteiger partial charge in [0, 0.05) is 6.04 Å². The van der Waals surface area contributed by atoms with Crippen LogP contribution in [0.25, 0.3) is 0 Å². The number of hydrogen-bond donors (Lipinski definition) is 1. The van der Waals surface area contributed by atoms with Gasteiger partial charge < -0.3 is 15.2 Å². The minimum Gasteiger partial charge on any atom is -0.497 e. The van der Waals surface area contributed by atoms with Crippen LogP contribution in [0.2, 0.25) is 0 Å². The van der Waals surface area contributed by atoms with Crippen LogP contribution in [-0.4, -0.2) is 18.7 Å². The zero-order chi connectivity index (χ0) is 15.6. The van der Waals surface area contributed by atoms with Gasteiger partial charge in [-0.25, -0.2) is 0 Å². The lowest BCUT2D eigenvalue weighted by Gasteiger charge is -2.33. The van der Waals surface area contributed by atoms with Crippen LogP contribution in [0.5, 0.6) is 5.75 Å². The second-order valence-corrected chi connectivity index (χ2v) is 6.47. The van der Waals surface area contributed by atoms with Crippen LogP contribution < -0.4 is 10.5 Å². The summed E-state index contributed by atoms with van der Waals surface area (Å²) in [6, 6.07) is 6.97. The molecule has 1 aromatic carbocycles. The average Bonchev–Trinajstić information content (AvgIpc) is 2.36.